The van der Waals surface area contributed by atoms with Crippen LogP contribution in [0.5, 0.6) is 0 Å². The summed E-state index contributed by atoms with van der Waals surface area (Å²) in [7, 11) is 0. The van der Waals surface area contributed by atoms with Gasteiger partial charge in [0.15, 0.2) is 5.82 Å². The fourth-order valence-corrected chi connectivity index (χ4v) is 4.51. The average molecular weight is 499 g/mol. The highest BCUT2D eigenvalue weighted by Gasteiger charge is 2.22. The Bertz CT molecular complexity index is 1260. The Morgan fingerprint density at radius 2 is 1.84 bits per heavy atom. The summed E-state index contributed by atoms with van der Waals surface area (Å²) in [4.78, 5) is 21.9. The number of benzene rings is 2. The molecule has 8 heteroatoms. The number of amides is 2. The summed E-state index contributed by atoms with van der Waals surface area (Å²) in [5.41, 5.74) is 3.83. The molecule has 0 aliphatic carbocycles. The van der Waals surface area contributed by atoms with Gasteiger partial charge in [0, 0.05) is 47.6 Å². The van der Waals surface area contributed by atoms with Crippen LogP contribution in [0.25, 0.3) is 16.6 Å². The zero-order chi connectivity index (χ0) is 21.4. The number of halogens is 2. The van der Waals surface area contributed by atoms with Crippen molar-refractivity contribution < 1.29 is 4.79 Å². The van der Waals surface area contributed by atoms with Crippen molar-refractivity contribution in [2.75, 3.05) is 36.4 Å². The summed E-state index contributed by atoms with van der Waals surface area (Å²) in [6.45, 7) is 2.90. The lowest BCUT2D eigenvalue weighted by Gasteiger charge is -2.24. The van der Waals surface area contributed by atoms with Crippen molar-refractivity contribution in [2.45, 2.75) is 6.42 Å². The molecule has 3 heterocycles. The number of urea groups is 1. The number of fused-ring (bicyclic) bond motifs is 3. The largest absolute Gasteiger partial charge is 0.353 e. The molecule has 0 atom stereocenters. The Labute approximate surface area is 193 Å². The van der Waals surface area contributed by atoms with Crippen molar-refractivity contribution in [1.29, 1.82) is 0 Å². The van der Waals surface area contributed by atoms with E-state index in [1.807, 2.05) is 35.2 Å². The SMILES string of the molecule is O=C(Nc1ccc(Cl)cc1)N1CCCN(c2nc3cc(Br)ccc3n3cccc23)CC1. The molecule has 1 saturated heterocycles. The van der Waals surface area contributed by atoms with Gasteiger partial charge in [0.05, 0.1) is 16.6 Å². The minimum absolute atomic E-state index is 0.0904. The third-order valence-electron chi connectivity index (χ3n) is 5.58. The first-order valence-electron chi connectivity index (χ1n) is 10.2. The van der Waals surface area contributed by atoms with E-state index < -0.39 is 0 Å². The van der Waals surface area contributed by atoms with E-state index in [4.69, 9.17) is 16.6 Å². The van der Waals surface area contributed by atoms with Gasteiger partial charge in [0.1, 0.15) is 0 Å². The summed E-state index contributed by atoms with van der Waals surface area (Å²) in [6, 6.07) is 17.4. The Hall–Kier alpha value is -2.77. The van der Waals surface area contributed by atoms with E-state index in [-0.39, 0.29) is 6.03 Å². The molecule has 0 radical (unpaired) electrons. The number of nitrogens with one attached hydrogen (secondary N) is 1. The van der Waals surface area contributed by atoms with Crippen LogP contribution in [0.2, 0.25) is 5.02 Å². The first kappa shape index (κ1) is 20.2. The third-order valence-corrected chi connectivity index (χ3v) is 6.32. The molecular formula is C23H21BrClN5O. The fraction of sp³-hybridized carbons (Fsp3) is 0.217. The van der Waals surface area contributed by atoms with Crippen LogP contribution in [0.15, 0.2) is 65.3 Å². The first-order valence-corrected chi connectivity index (χ1v) is 11.4. The predicted octanol–water partition coefficient (Wildman–Crippen LogP) is 5.65. The quantitative estimate of drug-likeness (QED) is 0.389. The van der Waals surface area contributed by atoms with Crippen LogP contribution in [-0.2, 0) is 0 Å². The maximum Gasteiger partial charge on any atom is 0.321 e. The van der Waals surface area contributed by atoms with Crippen LogP contribution in [-0.4, -0.2) is 46.5 Å². The molecule has 1 N–H and O–H groups in total. The van der Waals surface area contributed by atoms with Crippen molar-refractivity contribution in [2.24, 2.45) is 0 Å². The second-order valence-corrected chi connectivity index (χ2v) is 8.95. The van der Waals surface area contributed by atoms with Crippen molar-refractivity contribution in [3.8, 4) is 0 Å². The number of anilines is 2. The summed E-state index contributed by atoms with van der Waals surface area (Å²) in [6.07, 6.45) is 2.94. The van der Waals surface area contributed by atoms with E-state index in [1.165, 1.54) is 0 Å². The standard InChI is InChI=1S/C23H21BrClN5O/c24-16-4-9-20-19(15-16)27-22(21-3-1-12-30(20)21)28-10-2-11-29(14-13-28)23(31)26-18-7-5-17(25)6-8-18/h1,3-9,12,15H,2,10-11,13-14H2,(H,26,31). The monoisotopic (exact) mass is 497 g/mol. The number of aromatic nitrogens is 2. The number of carbonyl (C=O) groups excluding carboxylic acids is 1. The third kappa shape index (κ3) is 4.07. The normalized spacial score (nSPS) is 14.8. The molecule has 2 amide bonds. The molecule has 5 rings (SSSR count). The van der Waals surface area contributed by atoms with E-state index in [0.29, 0.717) is 18.1 Å². The fourth-order valence-electron chi connectivity index (χ4n) is 4.04. The van der Waals surface area contributed by atoms with E-state index >= 15 is 0 Å². The van der Waals surface area contributed by atoms with E-state index in [0.717, 1.165) is 52.0 Å². The van der Waals surface area contributed by atoms with Gasteiger partial charge in [-0.05, 0) is 61.0 Å². The minimum Gasteiger partial charge on any atom is -0.353 e. The van der Waals surface area contributed by atoms with Gasteiger partial charge in [0.2, 0.25) is 0 Å². The number of hydrogen-bond donors (Lipinski definition) is 1. The second kappa shape index (κ2) is 8.40. The first-order chi connectivity index (χ1) is 15.1. The van der Waals surface area contributed by atoms with Crippen molar-refractivity contribution >= 4 is 61.6 Å². The highest BCUT2D eigenvalue weighted by atomic mass is 79.9. The Balaban J connectivity index is 1.37. The molecule has 0 spiro atoms. The number of carbonyl (C=O) groups is 1. The molecular weight excluding hydrogens is 478 g/mol. The molecule has 4 aromatic rings. The summed E-state index contributed by atoms with van der Waals surface area (Å²) >= 11 is 9.49. The molecule has 0 unspecified atom stereocenters. The Morgan fingerprint density at radius 3 is 2.68 bits per heavy atom. The summed E-state index contributed by atoms with van der Waals surface area (Å²) < 4.78 is 3.19. The lowest BCUT2D eigenvalue weighted by atomic mass is 10.3. The molecule has 2 aromatic carbocycles. The smallest absolute Gasteiger partial charge is 0.321 e. The lowest BCUT2D eigenvalue weighted by molar-refractivity contribution is 0.215. The molecule has 31 heavy (non-hydrogen) atoms. The average Bonchev–Trinajstić information content (AvgIpc) is 3.12. The van der Waals surface area contributed by atoms with Crippen LogP contribution >= 0.6 is 27.5 Å². The van der Waals surface area contributed by atoms with Gasteiger partial charge in [-0.2, -0.15) is 0 Å². The van der Waals surface area contributed by atoms with Crippen LogP contribution in [0.1, 0.15) is 6.42 Å². The van der Waals surface area contributed by atoms with Crippen LogP contribution in [0.4, 0.5) is 16.3 Å². The molecule has 0 bridgehead atoms. The zero-order valence-corrected chi connectivity index (χ0v) is 19.1. The van der Waals surface area contributed by atoms with Crippen molar-refractivity contribution in [3.63, 3.8) is 0 Å². The van der Waals surface area contributed by atoms with Gasteiger partial charge in [0.25, 0.3) is 0 Å². The van der Waals surface area contributed by atoms with Gasteiger partial charge in [-0.25, -0.2) is 9.78 Å². The van der Waals surface area contributed by atoms with E-state index in [1.54, 1.807) is 12.1 Å². The molecule has 1 aliphatic rings. The molecule has 6 nitrogen and oxygen atoms in total. The topological polar surface area (TPSA) is 52.9 Å². The molecule has 1 fully saturated rings. The number of rotatable bonds is 2. The zero-order valence-electron chi connectivity index (χ0n) is 16.8. The van der Waals surface area contributed by atoms with Crippen molar-refractivity contribution in [1.82, 2.24) is 14.3 Å². The van der Waals surface area contributed by atoms with Gasteiger partial charge in [-0.3, -0.25) is 0 Å². The Morgan fingerprint density at radius 1 is 1.00 bits per heavy atom. The summed E-state index contributed by atoms with van der Waals surface area (Å²) in [5, 5.41) is 3.61. The van der Waals surface area contributed by atoms with Gasteiger partial charge in [-0.15, -0.1) is 0 Å². The Kier molecular flexibility index (Phi) is 5.46. The predicted molar refractivity (Wildman–Crippen MR) is 129 cm³/mol. The van der Waals surface area contributed by atoms with Crippen LogP contribution in [0, 0.1) is 0 Å². The maximum atomic E-state index is 12.8. The molecule has 0 saturated carbocycles. The van der Waals surface area contributed by atoms with Crippen molar-refractivity contribution in [3.05, 3.63) is 70.3 Å². The van der Waals surface area contributed by atoms with Crippen LogP contribution < -0.4 is 10.2 Å². The highest BCUT2D eigenvalue weighted by molar-refractivity contribution is 9.10. The molecule has 2 aromatic heterocycles. The maximum absolute atomic E-state index is 12.8. The van der Waals surface area contributed by atoms with Gasteiger partial charge in [-0.1, -0.05) is 27.5 Å². The molecule has 158 valence electrons. The summed E-state index contributed by atoms with van der Waals surface area (Å²) in [5.74, 6) is 0.954. The lowest BCUT2D eigenvalue weighted by Crippen LogP contribution is -2.38. The number of hydrogen-bond acceptors (Lipinski definition) is 3. The van der Waals surface area contributed by atoms with E-state index in [9.17, 15) is 4.79 Å². The number of nitrogens with zero attached hydrogens (tertiary/aromatic N) is 4. The highest BCUT2D eigenvalue weighted by Crippen LogP contribution is 2.28. The van der Waals surface area contributed by atoms with Crippen LogP contribution in [0.3, 0.4) is 0 Å². The minimum atomic E-state index is -0.0904. The van der Waals surface area contributed by atoms with E-state index in [2.05, 4.69) is 48.9 Å². The second-order valence-electron chi connectivity index (χ2n) is 7.60. The molecule has 1 aliphatic heterocycles. The van der Waals surface area contributed by atoms with Gasteiger partial charge >= 0.3 is 6.03 Å². The van der Waals surface area contributed by atoms with Gasteiger partial charge < -0.3 is 19.5 Å².